The molecule has 1 nitrogen and oxygen atoms in total. The topological polar surface area (TPSA) is 12.0 Å². The highest BCUT2D eigenvalue weighted by atomic mass is 19.1. The van der Waals surface area contributed by atoms with Crippen LogP contribution in [0, 0.1) is 25.5 Å². The van der Waals surface area contributed by atoms with Gasteiger partial charge < -0.3 is 5.32 Å². The largest absolute Gasteiger partial charge is 0.306 e. The summed E-state index contributed by atoms with van der Waals surface area (Å²) < 4.78 is 27.4. The van der Waals surface area contributed by atoms with Gasteiger partial charge in [0.15, 0.2) is 0 Å². The molecule has 0 radical (unpaired) electrons. The average Bonchev–Trinajstić information content (AvgIpc) is 2.46. The molecule has 0 fully saturated rings. The van der Waals surface area contributed by atoms with E-state index >= 15 is 0 Å². The molecular weight excluding hydrogens is 268 g/mol. The molecule has 0 spiro atoms. The van der Waals surface area contributed by atoms with Crippen LogP contribution in [0.5, 0.6) is 0 Å². The summed E-state index contributed by atoms with van der Waals surface area (Å²) in [4.78, 5) is 0. The molecule has 0 saturated carbocycles. The van der Waals surface area contributed by atoms with Gasteiger partial charge in [0.25, 0.3) is 0 Å². The van der Waals surface area contributed by atoms with Crippen LogP contribution in [0.1, 0.15) is 41.6 Å². The minimum atomic E-state index is -0.272. The van der Waals surface area contributed by atoms with Crippen molar-refractivity contribution in [3.8, 4) is 0 Å². The van der Waals surface area contributed by atoms with Gasteiger partial charge in [-0.05, 0) is 67.3 Å². The van der Waals surface area contributed by atoms with Gasteiger partial charge in [-0.2, -0.15) is 0 Å². The zero-order valence-electron chi connectivity index (χ0n) is 12.7. The highest BCUT2D eigenvalue weighted by Crippen LogP contribution is 2.27. The molecular formula is C18H21F2N. The first kappa shape index (κ1) is 15.6. The van der Waals surface area contributed by atoms with Gasteiger partial charge in [0, 0.05) is 0 Å². The van der Waals surface area contributed by atoms with Gasteiger partial charge in [0.05, 0.1) is 6.04 Å². The van der Waals surface area contributed by atoms with Gasteiger partial charge in [-0.1, -0.05) is 25.1 Å². The molecule has 0 amide bonds. The Bertz CT molecular complexity index is 623. The normalized spacial score (nSPS) is 12.4. The van der Waals surface area contributed by atoms with Crippen LogP contribution in [0.3, 0.4) is 0 Å². The van der Waals surface area contributed by atoms with E-state index < -0.39 is 0 Å². The van der Waals surface area contributed by atoms with E-state index in [0.717, 1.165) is 29.7 Å². The van der Waals surface area contributed by atoms with Crippen LogP contribution in [0.4, 0.5) is 8.78 Å². The molecule has 1 N–H and O–H groups in total. The lowest BCUT2D eigenvalue weighted by Crippen LogP contribution is -2.24. The number of halogens is 2. The Kier molecular flexibility index (Phi) is 5.07. The van der Waals surface area contributed by atoms with Crippen molar-refractivity contribution in [3.05, 3.63) is 70.3 Å². The molecule has 21 heavy (non-hydrogen) atoms. The van der Waals surface area contributed by atoms with Crippen LogP contribution < -0.4 is 5.32 Å². The van der Waals surface area contributed by atoms with Crippen LogP contribution >= 0.6 is 0 Å². The summed E-state index contributed by atoms with van der Waals surface area (Å²) in [5.74, 6) is -0.503. The van der Waals surface area contributed by atoms with Crippen LogP contribution in [-0.2, 0) is 0 Å². The van der Waals surface area contributed by atoms with Gasteiger partial charge in [-0.25, -0.2) is 8.78 Å². The highest BCUT2D eigenvalue weighted by molar-refractivity contribution is 5.38. The van der Waals surface area contributed by atoms with Crippen molar-refractivity contribution in [2.45, 2.75) is 33.2 Å². The third kappa shape index (κ3) is 3.67. The van der Waals surface area contributed by atoms with E-state index in [1.807, 2.05) is 13.0 Å². The molecule has 112 valence electrons. The van der Waals surface area contributed by atoms with Crippen LogP contribution in [0.2, 0.25) is 0 Å². The summed E-state index contributed by atoms with van der Waals surface area (Å²) in [7, 11) is 0. The van der Waals surface area contributed by atoms with Crippen LogP contribution in [0.15, 0.2) is 36.4 Å². The van der Waals surface area contributed by atoms with E-state index in [2.05, 4.69) is 12.2 Å². The van der Waals surface area contributed by atoms with Crippen molar-refractivity contribution >= 4 is 0 Å². The lowest BCUT2D eigenvalue weighted by molar-refractivity contribution is 0.573. The average molecular weight is 289 g/mol. The summed E-state index contributed by atoms with van der Waals surface area (Å²) >= 11 is 0. The fraction of sp³-hybridized carbons (Fsp3) is 0.333. The number of aryl methyl sites for hydroxylation is 2. The summed E-state index contributed by atoms with van der Waals surface area (Å²) in [6.45, 7) is 6.54. The maximum atomic E-state index is 13.9. The minimum Gasteiger partial charge on any atom is -0.306 e. The fourth-order valence-electron chi connectivity index (χ4n) is 2.41. The molecule has 2 rings (SSSR count). The lowest BCUT2D eigenvalue weighted by atomic mass is 9.94. The zero-order valence-corrected chi connectivity index (χ0v) is 12.7. The van der Waals surface area contributed by atoms with Gasteiger partial charge >= 0.3 is 0 Å². The van der Waals surface area contributed by atoms with Crippen molar-refractivity contribution in [1.29, 1.82) is 0 Å². The molecule has 1 unspecified atom stereocenters. The Morgan fingerprint density at radius 2 is 1.71 bits per heavy atom. The summed E-state index contributed by atoms with van der Waals surface area (Å²) in [6.07, 6.45) is 0.958. The Morgan fingerprint density at radius 3 is 2.38 bits per heavy atom. The smallest absolute Gasteiger partial charge is 0.126 e. The zero-order chi connectivity index (χ0) is 15.4. The van der Waals surface area contributed by atoms with Gasteiger partial charge in [0.2, 0.25) is 0 Å². The first-order chi connectivity index (χ1) is 10.0. The predicted octanol–water partition coefficient (Wildman–Crippen LogP) is 4.67. The molecule has 3 heteroatoms. The second-order valence-electron chi connectivity index (χ2n) is 5.40. The monoisotopic (exact) mass is 289 g/mol. The first-order valence-corrected chi connectivity index (χ1v) is 7.28. The fourth-order valence-corrected chi connectivity index (χ4v) is 2.41. The van der Waals surface area contributed by atoms with Gasteiger partial charge in [-0.15, -0.1) is 0 Å². The third-order valence-electron chi connectivity index (χ3n) is 3.68. The van der Waals surface area contributed by atoms with E-state index in [-0.39, 0.29) is 17.7 Å². The van der Waals surface area contributed by atoms with Crippen molar-refractivity contribution in [2.24, 2.45) is 0 Å². The SMILES string of the molecule is CCCNC(c1ccc(C)c(F)c1)c1cc(F)ccc1C. The van der Waals surface area contributed by atoms with Crippen LogP contribution in [0.25, 0.3) is 0 Å². The molecule has 0 aliphatic carbocycles. The third-order valence-corrected chi connectivity index (χ3v) is 3.68. The van der Waals surface area contributed by atoms with Gasteiger partial charge in [0.1, 0.15) is 11.6 Å². The van der Waals surface area contributed by atoms with Crippen molar-refractivity contribution in [3.63, 3.8) is 0 Å². The second kappa shape index (κ2) is 6.81. The Morgan fingerprint density at radius 1 is 1.00 bits per heavy atom. The molecule has 2 aromatic rings. The summed E-state index contributed by atoms with van der Waals surface area (Å²) in [5.41, 5.74) is 3.28. The molecule has 0 saturated heterocycles. The summed E-state index contributed by atoms with van der Waals surface area (Å²) in [6, 6.07) is 9.74. The number of hydrogen-bond acceptors (Lipinski definition) is 1. The van der Waals surface area contributed by atoms with Crippen molar-refractivity contribution in [2.75, 3.05) is 6.54 Å². The summed E-state index contributed by atoms with van der Waals surface area (Å²) in [5, 5.41) is 3.38. The van der Waals surface area contributed by atoms with E-state index in [0.29, 0.717) is 5.56 Å². The van der Waals surface area contributed by atoms with E-state index in [1.54, 1.807) is 19.1 Å². The molecule has 2 aromatic carbocycles. The predicted molar refractivity (Wildman–Crippen MR) is 82.4 cm³/mol. The van der Waals surface area contributed by atoms with Gasteiger partial charge in [-0.3, -0.25) is 0 Å². The number of nitrogens with one attached hydrogen (secondary N) is 1. The number of hydrogen-bond donors (Lipinski definition) is 1. The highest BCUT2D eigenvalue weighted by Gasteiger charge is 2.17. The first-order valence-electron chi connectivity index (χ1n) is 7.28. The molecule has 0 aliphatic heterocycles. The van der Waals surface area contributed by atoms with Crippen LogP contribution in [-0.4, -0.2) is 6.54 Å². The standard InChI is InChI=1S/C18H21F2N/c1-4-9-21-18(14-7-5-13(3)17(20)10-14)16-11-15(19)8-6-12(16)2/h5-8,10-11,18,21H,4,9H2,1-3H3. The Balaban J connectivity index is 2.46. The minimum absolute atomic E-state index is 0.198. The Hall–Kier alpha value is -1.74. The maximum Gasteiger partial charge on any atom is 0.126 e. The second-order valence-corrected chi connectivity index (χ2v) is 5.40. The number of rotatable bonds is 5. The van der Waals surface area contributed by atoms with E-state index in [4.69, 9.17) is 0 Å². The molecule has 0 aliphatic rings. The molecule has 1 atom stereocenters. The maximum absolute atomic E-state index is 13.9. The molecule has 0 heterocycles. The quantitative estimate of drug-likeness (QED) is 0.843. The molecule has 0 aromatic heterocycles. The van der Waals surface area contributed by atoms with E-state index in [9.17, 15) is 8.78 Å². The Labute approximate surface area is 125 Å². The number of benzene rings is 2. The van der Waals surface area contributed by atoms with Crippen molar-refractivity contribution < 1.29 is 8.78 Å². The lowest BCUT2D eigenvalue weighted by Gasteiger charge is -2.22. The van der Waals surface area contributed by atoms with Crippen molar-refractivity contribution in [1.82, 2.24) is 5.32 Å². The molecule has 0 bridgehead atoms. The van der Waals surface area contributed by atoms with E-state index in [1.165, 1.54) is 18.2 Å².